The number of piperidine rings is 1. The molecule has 272 valence electrons. The average Bonchev–Trinajstić information content (AvgIpc) is 3.78. The number of rotatable bonds is 5. The number of hydrogen-bond acceptors (Lipinski definition) is 7. The van der Waals surface area contributed by atoms with E-state index >= 15 is 0 Å². The number of amides is 1. The van der Waals surface area contributed by atoms with Crippen LogP contribution in [0, 0.1) is 18.3 Å². The van der Waals surface area contributed by atoms with Crippen LogP contribution < -0.4 is 10.2 Å². The number of H-pyrrole nitrogens is 1. The maximum Gasteiger partial charge on any atom is 0.209 e. The van der Waals surface area contributed by atoms with E-state index < -0.39 is 39.7 Å². The smallest absolute Gasteiger partial charge is 0.209 e. The number of fused-ring (bicyclic) bond motifs is 6. The SMILES string of the molecule is CC[C@]1(O)C[C@@H]2C[N@@](CCc3c([nH]c4ccccc34)[C@@](C)(c3ccc4c(c3C)N(C)[C@H]3[C@@](O)(NC=O)[C@H](O)[C@]5(CC)C=CCN6CC[C@]43[C@@H]65)C2)C1. The van der Waals surface area contributed by atoms with Crippen molar-refractivity contribution in [3.63, 3.8) is 0 Å². The second kappa shape index (κ2) is 11.2. The Labute approximate surface area is 301 Å². The first-order valence-corrected chi connectivity index (χ1v) is 19.4. The number of nitrogens with zero attached hydrogens (tertiary/aromatic N) is 3. The van der Waals surface area contributed by atoms with E-state index in [1.165, 1.54) is 33.3 Å². The Morgan fingerprint density at radius 1 is 1.04 bits per heavy atom. The van der Waals surface area contributed by atoms with E-state index in [-0.39, 0.29) is 6.04 Å². The van der Waals surface area contributed by atoms with Crippen LogP contribution in [0.1, 0.15) is 80.8 Å². The van der Waals surface area contributed by atoms with Crippen LogP contribution in [-0.4, -0.2) is 106 Å². The molecule has 9 heteroatoms. The van der Waals surface area contributed by atoms with E-state index in [9.17, 15) is 20.1 Å². The Hall–Kier alpha value is -3.21. The van der Waals surface area contributed by atoms with E-state index in [1.54, 1.807) is 0 Å². The lowest BCUT2D eigenvalue weighted by atomic mass is 9.49. The predicted molar refractivity (Wildman–Crippen MR) is 200 cm³/mol. The van der Waals surface area contributed by atoms with Crippen molar-refractivity contribution in [3.8, 4) is 0 Å². The maximum absolute atomic E-state index is 12.7. The van der Waals surface area contributed by atoms with Crippen molar-refractivity contribution < 1.29 is 20.1 Å². The minimum absolute atomic E-state index is 0.0246. The molecule has 0 unspecified atom stereocenters. The summed E-state index contributed by atoms with van der Waals surface area (Å²) in [6.07, 6.45) is 8.44. The summed E-state index contributed by atoms with van der Waals surface area (Å²) >= 11 is 0. The molecule has 1 saturated carbocycles. The van der Waals surface area contributed by atoms with Crippen molar-refractivity contribution in [1.82, 2.24) is 20.1 Å². The number of aliphatic hydroxyl groups is 3. The van der Waals surface area contributed by atoms with Gasteiger partial charge in [-0.3, -0.25) is 14.6 Å². The molecular weight excluding hydrogens is 638 g/mol. The van der Waals surface area contributed by atoms with E-state index in [2.05, 4.69) is 108 Å². The molecular formula is C42H55N5O4. The fourth-order valence-corrected chi connectivity index (χ4v) is 13.2. The van der Waals surface area contributed by atoms with Crippen LogP contribution in [0.15, 0.2) is 48.6 Å². The van der Waals surface area contributed by atoms with Crippen LogP contribution in [0.5, 0.6) is 0 Å². The molecule has 10 atom stereocenters. The molecule has 9 rings (SSSR count). The molecule has 2 saturated heterocycles. The minimum atomic E-state index is -1.87. The van der Waals surface area contributed by atoms with Gasteiger partial charge in [0, 0.05) is 77.8 Å². The van der Waals surface area contributed by atoms with Crippen LogP contribution in [0.4, 0.5) is 5.69 Å². The average molecular weight is 694 g/mol. The van der Waals surface area contributed by atoms with Gasteiger partial charge in [0.05, 0.1) is 11.6 Å². The predicted octanol–water partition coefficient (Wildman–Crippen LogP) is 4.10. The first-order valence-electron chi connectivity index (χ1n) is 19.4. The second-order valence-electron chi connectivity index (χ2n) is 17.4. The number of para-hydroxylation sites is 1. The number of aromatic nitrogens is 1. The maximum atomic E-state index is 12.7. The van der Waals surface area contributed by atoms with Crippen molar-refractivity contribution in [1.29, 1.82) is 0 Å². The molecule has 1 aliphatic carbocycles. The van der Waals surface area contributed by atoms with Gasteiger partial charge in [-0.15, -0.1) is 0 Å². The Kier molecular flexibility index (Phi) is 7.35. The van der Waals surface area contributed by atoms with Gasteiger partial charge in [-0.25, -0.2) is 0 Å². The number of likely N-dealkylation sites (N-methyl/N-ethyl adjacent to an activating group) is 1. The first-order chi connectivity index (χ1) is 24.4. The van der Waals surface area contributed by atoms with Gasteiger partial charge in [-0.1, -0.05) is 56.3 Å². The lowest BCUT2D eigenvalue weighted by molar-refractivity contribution is -0.211. The fourth-order valence-electron chi connectivity index (χ4n) is 13.2. The second-order valence-corrected chi connectivity index (χ2v) is 17.4. The highest BCUT2D eigenvalue weighted by atomic mass is 16.4. The van der Waals surface area contributed by atoms with Crippen molar-refractivity contribution >= 4 is 23.0 Å². The summed E-state index contributed by atoms with van der Waals surface area (Å²) in [4.78, 5) is 23.5. The zero-order valence-electron chi connectivity index (χ0n) is 30.9. The van der Waals surface area contributed by atoms with E-state index in [0.29, 0.717) is 18.7 Å². The van der Waals surface area contributed by atoms with Gasteiger partial charge in [0.1, 0.15) is 6.10 Å². The Morgan fingerprint density at radius 2 is 1.82 bits per heavy atom. The highest BCUT2D eigenvalue weighted by Crippen LogP contribution is 2.67. The minimum Gasteiger partial charge on any atom is -0.389 e. The quantitative estimate of drug-likeness (QED) is 0.155. The number of hydrogen-bond donors (Lipinski definition) is 5. The molecule has 3 fully saturated rings. The standard InChI is InChI=1S/C42H55N5O4/c1-6-39(50)22-27-21-38(4,34-29(15-19-46(23-27)24-39)28-11-8-9-12-32(28)44-34)30-13-14-31-33(26(30)3)45(5)36-41(31)17-20-47-18-10-16-40(7-2,35(41)47)37(49)42(36,51)43-25-48/h8-14,16,25,27,35-37,44,49-51H,6-7,15,17-24H2,1-5H3,(H,43,48)/t27-,35+,36-,37-,38-,39+,40-,41-,42+/m1/s1. The third-order valence-corrected chi connectivity index (χ3v) is 15.0. The Bertz CT molecular complexity index is 1940. The lowest BCUT2D eigenvalue weighted by Gasteiger charge is -2.63. The molecule has 0 radical (unpaired) electrons. The molecule has 2 aromatic carbocycles. The van der Waals surface area contributed by atoms with Gasteiger partial charge >= 0.3 is 0 Å². The summed E-state index contributed by atoms with van der Waals surface area (Å²) in [5.41, 5.74) is 4.34. The van der Waals surface area contributed by atoms with Crippen molar-refractivity contribution in [2.24, 2.45) is 11.3 Å². The number of nitrogens with one attached hydrogen (secondary N) is 2. The molecule has 9 nitrogen and oxygen atoms in total. The highest BCUT2D eigenvalue weighted by Gasteiger charge is 2.77. The first kappa shape index (κ1) is 33.6. The summed E-state index contributed by atoms with van der Waals surface area (Å²) in [6.45, 7) is 13.1. The summed E-state index contributed by atoms with van der Waals surface area (Å²) in [5.74, 6) is 0.303. The molecule has 6 aliphatic rings. The summed E-state index contributed by atoms with van der Waals surface area (Å²) in [7, 11) is 2.06. The van der Waals surface area contributed by atoms with Crippen LogP contribution in [0.25, 0.3) is 10.9 Å². The van der Waals surface area contributed by atoms with Crippen LogP contribution >= 0.6 is 0 Å². The zero-order valence-corrected chi connectivity index (χ0v) is 30.9. The van der Waals surface area contributed by atoms with Gasteiger partial charge in [-0.05, 0) is 93.2 Å². The molecule has 1 amide bonds. The van der Waals surface area contributed by atoms with Crippen LogP contribution in [0.3, 0.4) is 0 Å². The Morgan fingerprint density at radius 3 is 2.59 bits per heavy atom. The largest absolute Gasteiger partial charge is 0.389 e. The van der Waals surface area contributed by atoms with Crippen molar-refractivity contribution in [3.05, 3.63) is 76.5 Å². The van der Waals surface area contributed by atoms with Gasteiger partial charge in [-0.2, -0.15) is 0 Å². The van der Waals surface area contributed by atoms with Crippen LogP contribution in [-0.2, 0) is 22.0 Å². The molecule has 3 aromatic rings. The number of aliphatic hydroxyl groups excluding tert-OH is 1. The Balaban J connectivity index is 1.27. The molecule has 1 spiro atoms. The van der Waals surface area contributed by atoms with Crippen molar-refractivity contribution in [2.45, 2.75) is 107 Å². The highest BCUT2D eigenvalue weighted by molar-refractivity contribution is 5.86. The number of benzene rings is 2. The summed E-state index contributed by atoms with van der Waals surface area (Å²) < 4.78 is 0. The molecule has 5 aliphatic heterocycles. The van der Waals surface area contributed by atoms with E-state index in [0.717, 1.165) is 76.0 Å². The van der Waals surface area contributed by atoms with Gasteiger partial charge < -0.3 is 30.5 Å². The number of aromatic amines is 1. The lowest BCUT2D eigenvalue weighted by Crippen LogP contribution is -2.82. The molecule has 1 aromatic heterocycles. The number of carbonyl (C=O) groups excluding carboxylic acids is 1. The van der Waals surface area contributed by atoms with Gasteiger partial charge in [0.2, 0.25) is 6.41 Å². The summed E-state index contributed by atoms with van der Waals surface area (Å²) in [6, 6.07) is 12.8. The molecule has 51 heavy (non-hydrogen) atoms. The van der Waals surface area contributed by atoms with E-state index in [4.69, 9.17) is 0 Å². The normalized spacial score (nSPS) is 41.3. The van der Waals surface area contributed by atoms with Gasteiger partial charge in [0.15, 0.2) is 5.72 Å². The zero-order chi connectivity index (χ0) is 35.7. The third kappa shape index (κ3) is 4.18. The summed E-state index contributed by atoms with van der Waals surface area (Å²) in [5, 5.41) is 40.9. The third-order valence-electron chi connectivity index (χ3n) is 15.0. The number of carbonyl (C=O) groups is 1. The van der Waals surface area contributed by atoms with Crippen LogP contribution in [0.2, 0.25) is 0 Å². The topological polar surface area (TPSA) is 115 Å². The fraction of sp³-hybridized carbons (Fsp3) is 0.595. The van der Waals surface area contributed by atoms with Crippen molar-refractivity contribution in [2.75, 3.05) is 44.7 Å². The van der Waals surface area contributed by atoms with E-state index in [1.807, 2.05) is 0 Å². The number of anilines is 1. The monoisotopic (exact) mass is 693 g/mol. The molecule has 5 N–H and O–H groups in total. The molecule has 6 heterocycles. The molecule has 2 bridgehead atoms. The van der Waals surface area contributed by atoms with Gasteiger partial charge in [0.25, 0.3) is 0 Å².